The van der Waals surface area contributed by atoms with Gasteiger partial charge in [0.2, 0.25) is 0 Å². The highest BCUT2D eigenvalue weighted by Gasteiger charge is 2.21. The van der Waals surface area contributed by atoms with E-state index < -0.39 is 24.9 Å². The van der Waals surface area contributed by atoms with Crippen molar-refractivity contribution in [2.45, 2.75) is 134 Å². The normalized spacial score (nSPS) is 15.2. The molecule has 3 atom stereocenters. The Labute approximate surface area is 174 Å². The van der Waals surface area contributed by atoms with Gasteiger partial charge in [-0.25, -0.2) is 0 Å². The summed E-state index contributed by atoms with van der Waals surface area (Å²) in [6, 6.07) is 0. The van der Waals surface area contributed by atoms with Gasteiger partial charge in [-0.05, 0) is 12.8 Å². The van der Waals surface area contributed by atoms with Crippen LogP contribution in [-0.4, -0.2) is 45.3 Å². The van der Waals surface area contributed by atoms with Gasteiger partial charge in [0.05, 0.1) is 6.61 Å². The zero-order valence-electron chi connectivity index (χ0n) is 18.4. The predicted molar refractivity (Wildman–Crippen MR) is 118 cm³/mol. The molecule has 0 bridgehead atoms. The molecular formula is C24H48O4. The Morgan fingerprint density at radius 2 is 1.00 bits per heavy atom. The van der Waals surface area contributed by atoms with Crippen molar-refractivity contribution >= 4 is 0 Å². The molecule has 0 saturated heterocycles. The molecule has 0 amide bonds. The molecule has 0 spiro atoms. The summed E-state index contributed by atoms with van der Waals surface area (Å²) in [7, 11) is 0. The van der Waals surface area contributed by atoms with E-state index in [4.69, 9.17) is 5.11 Å². The first-order chi connectivity index (χ1) is 13.6. The van der Waals surface area contributed by atoms with Gasteiger partial charge in [-0.15, -0.1) is 0 Å². The van der Waals surface area contributed by atoms with Crippen LogP contribution in [0.4, 0.5) is 0 Å². The van der Waals surface area contributed by atoms with Gasteiger partial charge in [-0.1, -0.05) is 115 Å². The minimum absolute atomic E-state index is 0.550. The summed E-state index contributed by atoms with van der Waals surface area (Å²) in [5, 5.41) is 37.2. The second-order valence-corrected chi connectivity index (χ2v) is 8.25. The van der Waals surface area contributed by atoms with Crippen LogP contribution in [0.1, 0.15) is 116 Å². The van der Waals surface area contributed by atoms with E-state index in [-0.39, 0.29) is 0 Å². The molecule has 0 heterocycles. The molecule has 0 saturated carbocycles. The van der Waals surface area contributed by atoms with E-state index in [1.165, 1.54) is 102 Å². The number of hydrogen-bond acceptors (Lipinski definition) is 4. The molecule has 0 rings (SSSR count). The first kappa shape index (κ1) is 27.6. The SMILES string of the molecule is CCCCCCCCCCCCCCCCCC/C=C\C(O)C(O)C(O)CO. The summed E-state index contributed by atoms with van der Waals surface area (Å²) in [4.78, 5) is 0. The number of hydrogen-bond donors (Lipinski definition) is 4. The molecule has 28 heavy (non-hydrogen) atoms. The highest BCUT2D eigenvalue weighted by molar-refractivity contribution is 4.94. The zero-order valence-corrected chi connectivity index (χ0v) is 18.4. The van der Waals surface area contributed by atoms with Gasteiger partial charge in [0.25, 0.3) is 0 Å². The van der Waals surface area contributed by atoms with Crippen LogP contribution in [0.3, 0.4) is 0 Å². The minimum atomic E-state index is -1.33. The van der Waals surface area contributed by atoms with Crippen molar-refractivity contribution in [1.82, 2.24) is 0 Å². The highest BCUT2D eigenvalue weighted by atomic mass is 16.4. The number of aliphatic hydroxyl groups excluding tert-OH is 4. The number of aliphatic hydroxyl groups is 4. The fourth-order valence-electron chi connectivity index (χ4n) is 3.50. The average molecular weight is 401 g/mol. The quantitative estimate of drug-likeness (QED) is 0.156. The molecule has 0 radical (unpaired) electrons. The molecule has 4 heteroatoms. The van der Waals surface area contributed by atoms with Crippen LogP contribution in [0, 0.1) is 0 Å². The van der Waals surface area contributed by atoms with Crippen LogP contribution in [0.5, 0.6) is 0 Å². The molecule has 0 aliphatic rings. The van der Waals surface area contributed by atoms with E-state index in [9.17, 15) is 15.3 Å². The van der Waals surface area contributed by atoms with Crippen molar-refractivity contribution in [3.8, 4) is 0 Å². The van der Waals surface area contributed by atoms with E-state index in [0.29, 0.717) is 0 Å². The van der Waals surface area contributed by atoms with Crippen LogP contribution in [0.25, 0.3) is 0 Å². The zero-order chi connectivity index (χ0) is 20.9. The van der Waals surface area contributed by atoms with Crippen molar-refractivity contribution in [2.24, 2.45) is 0 Å². The second kappa shape index (κ2) is 21.3. The maximum absolute atomic E-state index is 9.65. The fraction of sp³-hybridized carbons (Fsp3) is 0.917. The minimum Gasteiger partial charge on any atom is -0.394 e. The van der Waals surface area contributed by atoms with Gasteiger partial charge in [-0.2, -0.15) is 0 Å². The second-order valence-electron chi connectivity index (χ2n) is 8.25. The van der Waals surface area contributed by atoms with E-state index in [1.807, 2.05) is 6.08 Å². The van der Waals surface area contributed by atoms with E-state index >= 15 is 0 Å². The van der Waals surface area contributed by atoms with E-state index in [2.05, 4.69) is 6.92 Å². The number of allylic oxidation sites excluding steroid dienone is 1. The van der Waals surface area contributed by atoms with Gasteiger partial charge in [0, 0.05) is 0 Å². The van der Waals surface area contributed by atoms with E-state index in [0.717, 1.165) is 12.8 Å². The Kier molecular flexibility index (Phi) is 21.0. The molecule has 4 N–H and O–H groups in total. The maximum atomic E-state index is 9.65. The monoisotopic (exact) mass is 400 g/mol. The van der Waals surface area contributed by atoms with Crippen LogP contribution >= 0.6 is 0 Å². The molecule has 0 aromatic rings. The molecule has 0 aromatic carbocycles. The number of unbranched alkanes of at least 4 members (excludes halogenated alkanes) is 16. The third kappa shape index (κ3) is 17.7. The lowest BCUT2D eigenvalue weighted by Gasteiger charge is -2.18. The van der Waals surface area contributed by atoms with Gasteiger partial charge >= 0.3 is 0 Å². The lowest BCUT2D eigenvalue weighted by molar-refractivity contribution is -0.0611. The summed E-state index contributed by atoms with van der Waals surface area (Å²) in [6.07, 6.45) is 22.1. The van der Waals surface area contributed by atoms with Gasteiger partial charge in [0.15, 0.2) is 0 Å². The van der Waals surface area contributed by atoms with Crippen LogP contribution < -0.4 is 0 Å². The van der Waals surface area contributed by atoms with Crippen molar-refractivity contribution < 1.29 is 20.4 Å². The van der Waals surface area contributed by atoms with Gasteiger partial charge < -0.3 is 20.4 Å². The predicted octanol–water partition coefficient (Wildman–Crippen LogP) is 5.27. The summed E-state index contributed by atoms with van der Waals surface area (Å²) < 4.78 is 0. The maximum Gasteiger partial charge on any atom is 0.112 e. The Bertz CT molecular complexity index is 333. The lowest BCUT2D eigenvalue weighted by atomic mass is 10.0. The standard InChI is InChI=1S/C24H48O4/c1-2-3-4-5-6-7-8-9-10-11-12-13-14-15-16-17-18-19-20-22(26)24(28)23(27)21-25/h19-20,22-28H,2-18,21H2,1H3/b20-19-. The van der Waals surface area contributed by atoms with Crippen molar-refractivity contribution in [2.75, 3.05) is 6.61 Å². The first-order valence-electron chi connectivity index (χ1n) is 11.9. The third-order valence-electron chi connectivity index (χ3n) is 5.49. The Morgan fingerprint density at radius 3 is 1.39 bits per heavy atom. The molecule has 3 unspecified atom stereocenters. The first-order valence-corrected chi connectivity index (χ1v) is 11.9. The summed E-state index contributed by atoms with van der Waals surface area (Å²) in [5.74, 6) is 0. The van der Waals surface area contributed by atoms with Crippen molar-refractivity contribution in [1.29, 1.82) is 0 Å². The van der Waals surface area contributed by atoms with Crippen LogP contribution in [-0.2, 0) is 0 Å². The fourth-order valence-corrected chi connectivity index (χ4v) is 3.50. The van der Waals surface area contributed by atoms with Gasteiger partial charge in [0.1, 0.15) is 18.3 Å². The molecule has 0 aromatic heterocycles. The Morgan fingerprint density at radius 1 is 0.607 bits per heavy atom. The van der Waals surface area contributed by atoms with Crippen LogP contribution in [0.2, 0.25) is 0 Å². The van der Waals surface area contributed by atoms with Crippen molar-refractivity contribution in [3.63, 3.8) is 0 Å². The number of rotatable bonds is 21. The highest BCUT2D eigenvalue weighted by Crippen LogP contribution is 2.14. The molecule has 0 aliphatic heterocycles. The third-order valence-corrected chi connectivity index (χ3v) is 5.49. The average Bonchev–Trinajstić information content (AvgIpc) is 2.71. The van der Waals surface area contributed by atoms with E-state index in [1.54, 1.807) is 0 Å². The molecular weight excluding hydrogens is 352 g/mol. The molecule has 0 fully saturated rings. The summed E-state index contributed by atoms with van der Waals surface area (Å²) in [6.45, 7) is 1.72. The molecule has 168 valence electrons. The van der Waals surface area contributed by atoms with Crippen molar-refractivity contribution in [3.05, 3.63) is 12.2 Å². The largest absolute Gasteiger partial charge is 0.394 e. The van der Waals surface area contributed by atoms with Crippen LogP contribution in [0.15, 0.2) is 12.2 Å². The Hall–Kier alpha value is -0.420. The lowest BCUT2D eigenvalue weighted by Crippen LogP contribution is -2.38. The molecule has 4 nitrogen and oxygen atoms in total. The topological polar surface area (TPSA) is 80.9 Å². The summed E-state index contributed by atoms with van der Waals surface area (Å²) in [5.41, 5.74) is 0. The van der Waals surface area contributed by atoms with Gasteiger partial charge in [-0.3, -0.25) is 0 Å². The Balaban J connectivity index is 3.26. The summed E-state index contributed by atoms with van der Waals surface area (Å²) >= 11 is 0. The molecule has 0 aliphatic carbocycles. The smallest absolute Gasteiger partial charge is 0.112 e.